The lowest BCUT2D eigenvalue weighted by Gasteiger charge is -2.13. The van der Waals surface area contributed by atoms with E-state index < -0.39 is 12.1 Å². The minimum atomic E-state index is -0.944. The molecule has 0 heterocycles. The van der Waals surface area contributed by atoms with E-state index in [1.54, 1.807) is 0 Å². The van der Waals surface area contributed by atoms with Gasteiger partial charge in [0.15, 0.2) is 0 Å². The first-order valence-electron chi connectivity index (χ1n) is 2.33. The Morgan fingerprint density at radius 1 is 2.00 bits per heavy atom. The zero-order chi connectivity index (χ0) is 7.44. The summed E-state index contributed by atoms with van der Waals surface area (Å²) in [6.07, 6.45) is 4.85. The van der Waals surface area contributed by atoms with Gasteiger partial charge in [-0.25, -0.2) is 4.79 Å². The standard InChI is InChI=1S/C5H8N2O2/c1-3-4(2)7(9)5(6)8/h1,4,9H,2H3,(H2,6,8)/t4-/m1/s1. The van der Waals surface area contributed by atoms with Crippen molar-refractivity contribution in [3.05, 3.63) is 0 Å². The number of nitrogens with two attached hydrogens (primary N) is 1. The molecule has 0 aromatic carbocycles. The molecule has 0 spiro atoms. The van der Waals surface area contributed by atoms with E-state index in [-0.39, 0.29) is 0 Å². The van der Waals surface area contributed by atoms with Crippen LogP contribution in [0.5, 0.6) is 0 Å². The van der Waals surface area contributed by atoms with Crippen molar-refractivity contribution in [1.29, 1.82) is 0 Å². The van der Waals surface area contributed by atoms with E-state index in [9.17, 15) is 4.79 Å². The lowest BCUT2D eigenvalue weighted by molar-refractivity contribution is -0.0536. The van der Waals surface area contributed by atoms with Gasteiger partial charge in [-0.05, 0) is 6.92 Å². The number of amides is 2. The number of carbonyl (C=O) groups is 1. The van der Waals surface area contributed by atoms with Gasteiger partial charge in [-0.15, -0.1) is 6.42 Å². The Balaban J connectivity index is 3.91. The molecule has 0 rings (SSSR count). The first-order chi connectivity index (χ1) is 4.09. The molecule has 0 bridgehead atoms. The van der Waals surface area contributed by atoms with Crippen molar-refractivity contribution >= 4 is 6.03 Å². The van der Waals surface area contributed by atoms with Gasteiger partial charge in [0.1, 0.15) is 6.04 Å². The average Bonchev–Trinajstić information content (AvgIpc) is 1.84. The highest BCUT2D eigenvalue weighted by Gasteiger charge is 2.10. The highest BCUT2D eigenvalue weighted by atomic mass is 16.5. The quantitative estimate of drug-likeness (QED) is 0.291. The number of primary amides is 1. The summed E-state index contributed by atoms with van der Waals surface area (Å²) >= 11 is 0. The van der Waals surface area contributed by atoms with Crippen LogP contribution >= 0.6 is 0 Å². The van der Waals surface area contributed by atoms with Crippen LogP contribution in [-0.2, 0) is 0 Å². The maximum Gasteiger partial charge on any atom is 0.339 e. The smallest absolute Gasteiger partial charge is 0.339 e. The Morgan fingerprint density at radius 2 is 2.44 bits per heavy atom. The van der Waals surface area contributed by atoms with Crippen LogP contribution in [0.1, 0.15) is 6.92 Å². The van der Waals surface area contributed by atoms with Gasteiger partial charge in [0.05, 0.1) is 0 Å². The van der Waals surface area contributed by atoms with Crippen molar-refractivity contribution in [1.82, 2.24) is 5.06 Å². The Morgan fingerprint density at radius 3 is 2.56 bits per heavy atom. The summed E-state index contributed by atoms with van der Waals surface area (Å²) in [5, 5.41) is 8.90. The van der Waals surface area contributed by atoms with Gasteiger partial charge in [0.25, 0.3) is 0 Å². The number of terminal acetylenes is 1. The predicted octanol–water partition coefficient (Wildman–Crippen LogP) is -0.222. The van der Waals surface area contributed by atoms with Gasteiger partial charge in [-0.2, -0.15) is 5.06 Å². The zero-order valence-corrected chi connectivity index (χ0v) is 5.03. The molecule has 3 N–H and O–H groups in total. The molecule has 0 unspecified atom stereocenters. The zero-order valence-electron chi connectivity index (χ0n) is 5.03. The largest absolute Gasteiger partial charge is 0.350 e. The van der Waals surface area contributed by atoms with Crippen LogP contribution in [-0.4, -0.2) is 22.3 Å². The third kappa shape index (κ3) is 2.02. The summed E-state index contributed by atoms with van der Waals surface area (Å²) < 4.78 is 0. The second-order valence-corrected chi connectivity index (χ2v) is 1.53. The Hall–Kier alpha value is -1.21. The van der Waals surface area contributed by atoms with Crippen LogP contribution < -0.4 is 5.73 Å². The van der Waals surface area contributed by atoms with E-state index >= 15 is 0 Å². The Labute approximate surface area is 53.2 Å². The molecule has 0 aromatic rings. The van der Waals surface area contributed by atoms with Crippen LogP contribution in [0.25, 0.3) is 0 Å². The number of carbonyl (C=O) groups excluding carboxylic acids is 1. The monoisotopic (exact) mass is 128 g/mol. The molecule has 9 heavy (non-hydrogen) atoms. The van der Waals surface area contributed by atoms with E-state index in [0.29, 0.717) is 5.06 Å². The molecule has 0 saturated heterocycles. The molecule has 0 fully saturated rings. The number of hydrogen-bond acceptors (Lipinski definition) is 2. The SMILES string of the molecule is C#C[C@@H](C)N(O)C(N)=O. The third-order valence-electron chi connectivity index (χ3n) is 0.834. The molecule has 2 amide bonds. The highest BCUT2D eigenvalue weighted by Crippen LogP contribution is 1.89. The fourth-order valence-corrected chi connectivity index (χ4v) is 0.261. The number of urea groups is 1. The van der Waals surface area contributed by atoms with Crippen LogP contribution in [0.4, 0.5) is 4.79 Å². The maximum atomic E-state index is 10.1. The first-order valence-corrected chi connectivity index (χ1v) is 2.33. The van der Waals surface area contributed by atoms with Gasteiger partial charge >= 0.3 is 6.03 Å². The summed E-state index contributed by atoms with van der Waals surface area (Å²) in [6, 6.07) is -1.61. The topological polar surface area (TPSA) is 66.6 Å². The van der Waals surface area contributed by atoms with Crippen molar-refractivity contribution in [2.75, 3.05) is 0 Å². The van der Waals surface area contributed by atoms with E-state index in [1.165, 1.54) is 6.92 Å². The molecule has 50 valence electrons. The van der Waals surface area contributed by atoms with Gasteiger partial charge in [0.2, 0.25) is 0 Å². The van der Waals surface area contributed by atoms with E-state index in [0.717, 1.165) is 0 Å². The predicted molar refractivity (Wildman–Crippen MR) is 31.5 cm³/mol. The van der Waals surface area contributed by atoms with Crippen LogP contribution in [0.3, 0.4) is 0 Å². The lowest BCUT2D eigenvalue weighted by atomic mass is 10.4. The van der Waals surface area contributed by atoms with E-state index in [4.69, 9.17) is 11.6 Å². The molecular weight excluding hydrogens is 120 g/mol. The minimum absolute atomic E-state index is 0.292. The number of nitrogens with zero attached hydrogens (tertiary/aromatic N) is 1. The molecule has 0 aliphatic carbocycles. The van der Waals surface area contributed by atoms with Gasteiger partial charge in [0, 0.05) is 0 Å². The second kappa shape index (κ2) is 2.95. The summed E-state index contributed by atoms with van der Waals surface area (Å²) in [5.41, 5.74) is 4.65. The van der Waals surface area contributed by atoms with Crippen LogP contribution in [0, 0.1) is 12.3 Å². The highest BCUT2D eigenvalue weighted by molar-refractivity contribution is 5.71. The van der Waals surface area contributed by atoms with Gasteiger partial charge < -0.3 is 5.73 Å². The molecule has 0 saturated carbocycles. The Kier molecular flexibility index (Phi) is 2.55. The number of hydrogen-bond donors (Lipinski definition) is 2. The summed E-state index contributed by atoms with van der Waals surface area (Å²) in [7, 11) is 0. The molecular formula is C5H8N2O2. The van der Waals surface area contributed by atoms with Crippen LogP contribution in [0.2, 0.25) is 0 Å². The van der Waals surface area contributed by atoms with Gasteiger partial charge in [-0.1, -0.05) is 5.92 Å². The molecule has 0 aromatic heterocycles. The Bertz CT molecular complexity index is 150. The molecule has 1 atom stereocenters. The summed E-state index contributed by atoms with van der Waals surface area (Å²) in [4.78, 5) is 10.1. The summed E-state index contributed by atoms with van der Waals surface area (Å²) in [6.45, 7) is 1.48. The second-order valence-electron chi connectivity index (χ2n) is 1.53. The van der Waals surface area contributed by atoms with Gasteiger partial charge in [-0.3, -0.25) is 5.21 Å². The average molecular weight is 128 g/mol. The van der Waals surface area contributed by atoms with E-state index in [1.807, 2.05) is 0 Å². The normalized spacial score (nSPS) is 11.7. The van der Waals surface area contributed by atoms with Crippen LogP contribution in [0.15, 0.2) is 0 Å². The fourth-order valence-electron chi connectivity index (χ4n) is 0.261. The van der Waals surface area contributed by atoms with E-state index in [2.05, 4.69) is 11.7 Å². The van der Waals surface area contributed by atoms with Crippen molar-refractivity contribution < 1.29 is 10.0 Å². The third-order valence-corrected chi connectivity index (χ3v) is 0.834. The van der Waals surface area contributed by atoms with Crippen molar-refractivity contribution in [2.45, 2.75) is 13.0 Å². The fraction of sp³-hybridized carbons (Fsp3) is 0.400. The molecule has 0 aliphatic heterocycles. The molecule has 0 radical (unpaired) electrons. The molecule has 4 nitrogen and oxygen atoms in total. The van der Waals surface area contributed by atoms with Crippen molar-refractivity contribution in [3.63, 3.8) is 0 Å². The minimum Gasteiger partial charge on any atom is -0.350 e. The lowest BCUT2D eigenvalue weighted by Crippen LogP contribution is -2.38. The van der Waals surface area contributed by atoms with Crippen molar-refractivity contribution in [3.8, 4) is 12.3 Å². The number of hydroxylamine groups is 2. The molecule has 4 heteroatoms. The number of rotatable bonds is 1. The first kappa shape index (κ1) is 7.79. The summed E-state index contributed by atoms with van der Waals surface area (Å²) in [5.74, 6) is 2.12. The van der Waals surface area contributed by atoms with Crippen molar-refractivity contribution in [2.24, 2.45) is 5.73 Å². The molecule has 0 aliphatic rings. The maximum absolute atomic E-state index is 10.1.